The van der Waals surface area contributed by atoms with E-state index in [4.69, 9.17) is 11.6 Å². The molecule has 114 valence electrons. The molecule has 0 saturated heterocycles. The number of rotatable bonds is 5. The third-order valence-corrected chi connectivity index (χ3v) is 3.25. The van der Waals surface area contributed by atoms with Gasteiger partial charge in [0.15, 0.2) is 5.65 Å². The zero-order valence-electron chi connectivity index (χ0n) is 13.2. The first-order chi connectivity index (χ1) is 9.80. The Morgan fingerprint density at radius 3 is 2.67 bits per heavy atom. The molecule has 0 aliphatic heterocycles. The predicted octanol–water partition coefficient (Wildman–Crippen LogP) is 4.86. The molecule has 0 saturated carbocycles. The fraction of sp³-hybridized carbons (Fsp3) is 0.500. The minimum Gasteiger partial charge on any atom is -0.330 e. The molecular formula is C16H23ClN4. The van der Waals surface area contributed by atoms with Gasteiger partial charge in [0.2, 0.25) is 5.95 Å². The van der Waals surface area contributed by atoms with Crippen molar-refractivity contribution in [2.75, 3.05) is 5.32 Å². The molecule has 1 N–H and O–H groups in total. The average Bonchev–Trinajstić information content (AvgIpc) is 2.65. The largest absolute Gasteiger partial charge is 0.330 e. The quantitative estimate of drug-likeness (QED) is 0.802. The van der Waals surface area contributed by atoms with Crippen LogP contribution in [0.3, 0.4) is 0 Å². The first-order valence-corrected chi connectivity index (χ1v) is 7.65. The Morgan fingerprint density at radius 2 is 2.05 bits per heavy atom. The Hall–Kier alpha value is -1.55. The molecule has 2 aromatic heterocycles. The van der Waals surface area contributed by atoms with Gasteiger partial charge in [0.25, 0.3) is 0 Å². The zero-order chi connectivity index (χ0) is 15.6. The minimum atomic E-state index is 0.188. The number of aryl methyl sites for hydroxylation is 1. The van der Waals surface area contributed by atoms with E-state index in [2.05, 4.69) is 54.1 Å². The van der Waals surface area contributed by atoms with Gasteiger partial charge < -0.3 is 5.32 Å². The number of hydrogen-bond donors (Lipinski definition) is 1. The van der Waals surface area contributed by atoms with Crippen molar-refractivity contribution in [3.8, 4) is 0 Å². The molecule has 2 aromatic rings. The smallest absolute Gasteiger partial charge is 0.209 e. The van der Waals surface area contributed by atoms with Crippen LogP contribution in [0.2, 0.25) is 5.15 Å². The monoisotopic (exact) mass is 306 g/mol. The molecule has 0 bridgehead atoms. The second-order valence-electron chi connectivity index (χ2n) is 6.53. The van der Waals surface area contributed by atoms with E-state index in [1.54, 1.807) is 6.07 Å². The summed E-state index contributed by atoms with van der Waals surface area (Å²) in [7, 11) is 0. The zero-order valence-corrected chi connectivity index (χ0v) is 14.0. The van der Waals surface area contributed by atoms with Gasteiger partial charge >= 0.3 is 0 Å². The molecule has 0 atom stereocenters. The normalized spacial score (nSPS) is 11.9. The van der Waals surface area contributed by atoms with Gasteiger partial charge in [-0.2, -0.15) is 0 Å². The van der Waals surface area contributed by atoms with Gasteiger partial charge in [0.05, 0.1) is 0 Å². The van der Waals surface area contributed by atoms with Crippen molar-refractivity contribution < 1.29 is 0 Å². The minimum absolute atomic E-state index is 0.188. The lowest BCUT2D eigenvalue weighted by atomic mass is 9.91. The van der Waals surface area contributed by atoms with Crippen LogP contribution in [0.25, 0.3) is 11.2 Å². The van der Waals surface area contributed by atoms with Gasteiger partial charge in [0, 0.05) is 12.2 Å². The number of hydrogen-bond acceptors (Lipinski definition) is 3. The number of fused-ring (bicyclic) bond motifs is 1. The summed E-state index contributed by atoms with van der Waals surface area (Å²) in [6.45, 7) is 13.7. The maximum absolute atomic E-state index is 6.00. The predicted molar refractivity (Wildman–Crippen MR) is 89.7 cm³/mol. The standard InChI is InChI=1S/C16H23ClN4/c1-6-9-21-14-12(7-8-13(17)20-14)19-15(21)18-11(2)10-16(3,4)5/h7-8H,2,6,9-10H2,1,3-5H3,(H,18,19). The number of imidazole rings is 1. The summed E-state index contributed by atoms with van der Waals surface area (Å²) >= 11 is 6.00. The van der Waals surface area contributed by atoms with Gasteiger partial charge in [-0.15, -0.1) is 0 Å². The van der Waals surface area contributed by atoms with E-state index >= 15 is 0 Å². The van der Waals surface area contributed by atoms with E-state index in [1.807, 2.05) is 6.07 Å². The molecule has 0 aromatic carbocycles. The Kier molecular flexibility index (Phi) is 4.57. The van der Waals surface area contributed by atoms with E-state index in [1.165, 1.54) is 0 Å². The molecular weight excluding hydrogens is 284 g/mol. The highest BCUT2D eigenvalue weighted by Crippen LogP contribution is 2.26. The average molecular weight is 307 g/mol. The van der Waals surface area contributed by atoms with Crippen LogP contribution < -0.4 is 5.32 Å². The molecule has 0 fully saturated rings. The number of nitrogens with one attached hydrogen (secondary N) is 1. The number of pyridine rings is 1. The molecule has 2 rings (SSSR count). The fourth-order valence-electron chi connectivity index (χ4n) is 2.35. The molecule has 0 aliphatic rings. The van der Waals surface area contributed by atoms with Crippen LogP contribution in [0.5, 0.6) is 0 Å². The van der Waals surface area contributed by atoms with Crippen molar-refractivity contribution in [3.05, 3.63) is 29.6 Å². The second kappa shape index (κ2) is 6.06. The van der Waals surface area contributed by atoms with Gasteiger partial charge in [-0.3, -0.25) is 4.57 Å². The number of allylic oxidation sites excluding steroid dienone is 1. The number of nitrogens with zero attached hydrogens (tertiary/aromatic N) is 3. The van der Waals surface area contributed by atoms with E-state index in [0.717, 1.165) is 42.2 Å². The molecule has 0 unspecified atom stereocenters. The van der Waals surface area contributed by atoms with Gasteiger partial charge in [0.1, 0.15) is 10.7 Å². The Balaban J connectivity index is 2.34. The fourth-order valence-corrected chi connectivity index (χ4v) is 2.49. The summed E-state index contributed by atoms with van der Waals surface area (Å²) in [6, 6.07) is 3.66. The van der Waals surface area contributed by atoms with Crippen LogP contribution in [0.15, 0.2) is 24.4 Å². The lowest BCUT2D eigenvalue weighted by Gasteiger charge is -2.20. The third-order valence-electron chi connectivity index (χ3n) is 3.04. The summed E-state index contributed by atoms with van der Waals surface area (Å²) in [5.74, 6) is 0.788. The third kappa shape index (κ3) is 3.97. The number of anilines is 1. The Labute approximate surface area is 131 Å². The summed E-state index contributed by atoms with van der Waals surface area (Å²) in [4.78, 5) is 9.01. The highest BCUT2D eigenvalue weighted by atomic mass is 35.5. The van der Waals surface area contributed by atoms with Gasteiger partial charge in [-0.25, -0.2) is 9.97 Å². The number of aromatic nitrogens is 3. The van der Waals surface area contributed by atoms with Gasteiger partial charge in [-0.1, -0.05) is 45.9 Å². The maximum Gasteiger partial charge on any atom is 0.209 e. The van der Waals surface area contributed by atoms with Crippen LogP contribution in [0.4, 0.5) is 5.95 Å². The molecule has 0 spiro atoms. The summed E-state index contributed by atoms with van der Waals surface area (Å²) < 4.78 is 2.06. The van der Waals surface area contributed by atoms with E-state index in [9.17, 15) is 0 Å². The van der Waals surface area contributed by atoms with Crippen molar-refractivity contribution in [1.29, 1.82) is 0 Å². The summed E-state index contributed by atoms with van der Waals surface area (Å²) in [5.41, 5.74) is 2.81. The van der Waals surface area contributed by atoms with E-state index < -0.39 is 0 Å². The molecule has 0 aliphatic carbocycles. The van der Waals surface area contributed by atoms with Crippen LogP contribution in [-0.4, -0.2) is 14.5 Å². The molecule has 21 heavy (non-hydrogen) atoms. The van der Waals surface area contributed by atoms with Crippen LogP contribution >= 0.6 is 11.6 Å². The lowest BCUT2D eigenvalue weighted by Crippen LogP contribution is -2.13. The van der Waals surface area contributed by atoms with Crippen LogP contribution in [0.1, 0.15) is 40.5 Å². The van der Waals surface area contributed by atoms with Crippen molar-refractivity contribution in [2.24, 2.45) is 5.41 Å². The molecule has 0 amide bonds. The molecule has 5 heteroatoms. The first kappa shape index (κ1) is 15.8. The van der Waals surface area contributed by atoms with E-state index in [-0.39, 0.29) is 5.41 Å². The molecule has 2 heterocycles. The SMILES string of the molecule is C=C(CC(C)(C)C)Nc1nc2ccc(Cl)nc2n1CCC. The van der Waals surface area contributed by atoms with E-state index in [0.29, 0.717) is 5.15 Å². The molecule has 4 nitrogen and oxygen atoms in total. The second-order valence-corrected chi connectivity index (χ2v) is 6.92. The van der Waals surface area contributed by atoms with Crippen LogP contribution in [-0.2, 0) is 6.54 Å². The van der Waals surface area contributed by atoms with Crippen molar-refractivity contribution in [2.45, 2.75) is 47.1 Å². The Bertz CT molecular complexity index is 652. The highest BCUT2D eigenvalue weighted by molar-refractivity contribution is 6.29. The highest BCUT2D eigenvalue weighted by Gasteiger charge is 2.16. The Morgan fingerprint density at radius 1 is 1.33 bits per heavy atom. The van der Waals surface area contributed by atoms with Crippen molar-refractivity contribution in [3.63, 3.8) is 0 Å². The van der Waals surface area contributed by atoms with Crippen LogP contribution in [0, 0.1) is 5.41 Å². The van der Waals surface area contributed by atoms with Crippen molar-refractivity contribution in [1.82, 2.24) is 14.5 Å². The number of halogens is 1. The lowest BCUT2D eigenvalue weighted by molar-refractivity contribution is 0.411. The summed E-state index contributed by atoms with van der Waals surface area (Å²) in [6.07, 6.45) is 1.89. The van der Waals surface area contributed by atoms with Crippen molar-refractivity contribution >= 4 is 28.7 Å². The first-order valence-electron chi connectivity index (χ1n) is 7.28. The maximum atomic E-state index is 6.00. The summed E-state index contributed by atoms with van der Waals surface area (Å²) in [5, 5.41) is 3.82. The van der Waals surface area contributed by atoms with Gasteiger partial charge in [-0.05, 0) is 30.4 Å². The topological polar surface area (TPSA) is 42.7 Å². The molecule has 0 radical (unpaired) electrons.